The van der Waals surface area contributed by atoms with Crippen LogP contribution in [0.2, 0.25) is 5.02 Å². The van der Waals surface area contributed by atoms with Crippen molar-refractivity contribution in [3.05, 3.63) is 105 Å². The predicted molar refractivity (Wildman–Crippen MR) is 119 cm³/mol. The standard InChI is InChI=1S/C22H17ClN4O4/c1-14(25-26-22(29)15-8-10-20(11-9-15)27(30)31)16-4-3-7-19(13-16)24-21(28)17-5-2-6-18(23)12-17/h2-13H,1H3,(H,24,28)(H,26,29)/b25-14-. The second-order valence-corrected chi connectivity index (χ2v) is 6.92. The number of amides is 2. The van der Waals surface area contributed by atoms with E-state index in [2.05, 4.69) is 15.8 Å². The molecule has 8 nitrogen and oxygen atoms in total. The minimum atomic E-state index is -0.540. The number of nitro benzene ring substituents is 1. The van der Waals surface area contributed by atoms with Gasteiger partial charge >= 0.3 is 0 Å². The van der Waals surface area contributed by atoms with Gasteiger partial charge in [0.1, 0.15) is 0 Å². The van der Waals surface area contributed by atoms with Gasteiger partial charge in [-0.2, -0.15) is 5.10 Å². The van der Waals surface area contributed by atoms with Crippen molar-refractivity contribution in [2.24, 2.45) is 5.10 Å². The summed E-state index contributed by atoms with van der Waals surface area (Å²) in [5.41, 5.74) is 4.73. The zero-order chi connectivity index (χ0) is 22.4. The molecule has 0 unspecified atom stereocenters. The summed E-state index contributed by atoms with van der Waals surface area (Å²) in [6, 6.07) is 18.8. The summed E-state index contributed by atoms with van der Waals surface area (Å²) in [6.45, 7) is 1.70. The molecule has 2 amide bonds. The molecule has 0 radical (unpaired) electrons. The Morgan fingerprint density at radius 3 is 2.26 bits per heavy atom. The van der Waals surface area contributed by atoms with E-state index in [-0.39, 0.29) is 17.2 Å². The first kappa shape index (κ1) is 21.7. The van der Waals surface area contributed by atoms with Gasteiger partial charge in [-0.15, -0.1) is 0 Å². The lowest BCUT2D eigenvalue weighted by molar-refractivity contribution is -0.384. The third kappa shape index (κ3) is 5.74. The number of anilines is 1. The SMILES string of the molecule is C/C(=N/NC(=O)c1ccc([N+](=O)[O-])cc1)c1cccc(NC(=O)c2cccc(Cl)c2)c1. The molecule has 156 valence electrons. The Morgan fingerprint density at radius 2 is 1.58 bits per heavy atom. The largest absolute Gasteiger partial charge is 0.322 e. The number of hydrazone groups is 1. The van der Waals surface area contributed by atoms with Gasteiger partial charge in [0.15, 0.2) is 0 Å². The normalized spacial score (nSPS) is 11.0. The second-order valence-electron chi connectivity index (χ2n) is 6.49. The van der Waals surface area contributed by atoms with Crippen LogP contribution in [0.15, 0.2) is 77.9 Å². The molecule has 9 heteroatoms. The Labute approximate surface area is 182 Å². The molecule has 2 N–H and O–H groups in total. The highest BCUT2D eigenvalue weighted by Gasteiger charge is 2.10. The molecule has 0 bridgehead atoms. The third-order valence-corrected chi connectivity index (χ3v) is 4.53. The highest BCUT2D eigenvalue weighted by atomic mass is 35.5. The number of nitro groups is 1. The number of carbonyl (C=O) groups is 2. The van der Waals surface area contributed by atoms with Crippen molar-refractivity contribution >= 4 is 40.5 Å². The van der Waals surface area contributed by atoms with E-state index >= 15 is 0 Å². The molecule has 0 saturated heterocycles. The molecule has 3 aromatic rings. The van der Waals surface area contributed by atoms with E-state index in [0.29, 0.717) is 27.5 Å². The zero-order valence-corrected chi connectivity index (χ0v) is 17.1. The molecule has 0 aliphatic rings. The monoisotopic (exact) mass is 436 g/mol. The molecule has 3 rings (SSSR count). The molecule has 0 aliphatic carbocycles. The van der Waals surface area contributed by atoms with Gasteiger partial charge < -0.3 is 5.32 Å². The number of rotatable bonds is 6. The van der Waals surface area contributed by atoms with Crippen LogP contribution in [0.25, 0.3) is 0 Å². The number of carbonyl (C=O) groups excluding carboxylic acids is 2. The molecular formula is C22H17ClN4O4. The minimum absolute atomic E-state index is 0.104. The number of nitrogens with zero attached hydrogens (tertiary/aromatic N) is 2. The van der Waals surface area contributed by atoms with Crippen LogP contribution in [-0.2, 0) is 0 Å². The topological polar surface area (TPSA) is 114 Å². The average molecular weight is 437 g/mol. The van der Waals surface area contributed by atoms with Gasteiger partial charge in [0.25, 0.3) is 17.5 Å². The lowest BCUT2D eigenvalue weighted by Crippen LogP contribution is -2.19. The Morgan fingerprint density at radius 1 is 0.903 bits per heavy atom. The molecule has 0 fully saturated rings. The molecule has 0 aromatic heterocycles. The van der Waals surface area contributed by atoms with Crippen molar-refractivity contribution in [1.29, 1.82) is 0 Å². The van der Waals surface area contributed by atoms with E-state index in [1.807, 2.05) is 0 Å². The Balaban J connectivity index is 1.68. The summed E-state index contributed by atoms with van der Waals surface area (Å²) in [5, 5.41) is 18.0. The molecule has 0 saturated carbocycles. The number of non-ortho nitro benzene ring substituents is 1. The summed E-state index contributed by atoms with van der Waals surface area (Å²) >= 11 is 5.92. The maximum atomic E-state index is 12.4. The van der Waals surface area contributed by atoms with Crippen LogP contribution >= 0.6 is 11.6 Å². The Kier molecular flexibility index (Phi) is 6.74. The zero-order valence-electron chi connectivity index (χ0n) is 16.3. The molecule has 3 aromatic carbocycles. The number of hydrogen-bond donors (Lipinski definition) is 2. The Hall–Kier alpha value is -4.04. The van der Waals surface area contributed by atoms with Crippen molar-refractivity contribution in [2.45, 2.75) is 6.92 Å². The number of halogens is 1. The maximum absolute atomic E-state index is 12.4. The fourth-order valence-electron chi connectivity index (χ4n) is 2.65. The molecule has 0 aliphatic heterocycles. The summed E-state index contributed by atoms with van der Waals surface area (Å²) in [6.07, 6.45) is 0. The van der Waals surface area contributed by atoms with Crippen LogP contribution in [0.3, 0.4) is 0 Å². The molecule has 0 spiro atoms. The first-order chi connectivity index (χ1) is 14.8. The van der Waals surface area contributed by atoms with Crippen molar-refractivity contribution in [3.63, 3.8) is 0 Å². The Bertz CT molecular complexity index is 1180. The van der Waals surface area contributed by atoms with Crippen LogP contribution in [-0.4, -0.2) is 22.4 Å². The highest BCUT2D eigenvalue weighted by Crippen LogP contribution is 2.16. The van der Waals surface area contributed by atoms with E-state index < -0.39 is 10.8 Å². The van der Waals surface area contributed by atoms with Crippen molar-refractivity contribution in [1.82, 2.24) is 5.43 Å². The number of benzene rings is 3. The lowest BCUT2D eigenvalue weighted by atomic mass is 10.1. The first-order valence-electron chi connectivity index (χ1n) is 9.10. The van der Waals surface area contributed by atoms with Gasteiger partial charge in [-0.1, -0.05) is 29.8 Å². The minimum Gasteiger partial charge on any atom is -0.322 e. The van der Waals surface area contributed by atoms with E-state index in [1.165, 1.54) is 24.3 Å². The van der Waals surface area contributed by atoms with Crippen molar-refractivity contribution in [2.75, 3.05) is 5.32 Å². The van der Waals surface area contributed by atoms with Crippen LogP contribution in [0.5, 0.6) is 0 Å². The van der Waals surface area contributed by atoms with Gasteiger partial charge in [-0.05, 0) is 55.0 Å². The summed E-state index contributed by atoms with van der Waals surface area (Å²) in [7, 11) is 0. The highest BCUT2D eigenvalue weighted by molar-refractivity contribution is 6.31. The lowest BCUT2D eigenvalue weighted by Gasteiger charge is -2.08. The van der Waals surface area contributed by atoms with Crippen LogP contribution in [0, 0.1) is 10.1 Å². The molecular weight excluding hydrogens is 420 g/mol. The summed E-state index contributed by atoms with van der Waals surface area (Å²) < 4.78 is 0. The molecule has 0 heterocycles. The van der Waals surface area contributed by atoms with Crippen LogP contribution in [0.1, 0.15) is 33.2 Å². The maximum Gasteiger partial charge on any atom is 0.271 e. The fourth-order valence-corrected chi connectivity index (χ4v) is 2.84. The van der Waals surface area contributed by atoms with E-state index in [0.717, 1.165) is 0 Å². The van der Waals surface area contributed by atoms with Crippen LogP contribution in [0.4, 0.5) is 11.4 Å². The van der Waals surface area contributed by atoms with Gasteiger partial charge in [0.2, 0.25) is 0 Å². The van der Waals surface area contributed by atoms with E-state index in [4.69, 9.17) is 11.6 Å². The predicted octanol–water partition coefficient (Wildman–Crippen LogP) is 4.65. The van der Waals surface area contributed by atoms with Gasteiger partial charge in [-0.25, -0.2) is 5.43 Å². The van der Waals surface area contributed by atoms with Gasteiger partial charge in [0, 0.05) is 34.0 Å². The smallest absolute Gasteiger partial charge is 0.271 e. The number of nitrogens with one attached hydrogen (secondary N) is 2. The van der Waals surface area contributed by atoms with Crippen molar-refractivity contribution < 1.29 is 14.5 Å². The first-order valence-corrected chi connectivity index (χ1v) is 9.48. The number of hydrogen-bond acceptors (Lipinski definition) is 5. The van der Waals surface area contributed by atoms with Gasteiger partial charge in [0.05, 0.1) is 10.6 Å². The molecule has 31 heavy (non-hydrogen) atoms. The fraction of sp³-hybridized carbons (Fsp3) is 0.0455. The van der Waals surface area contributed by atoms with Crippen LogP contribution < -0.4 is 10.7 Å². The molecule has 0 atom stereocenters. The summed E-state index contributed by atoms with van der Waals surface area (Å²) in [4.78, 5) is 34.7. The summed E-state index contributed by atoms with van der Waals surface area (Å²) in [5.74, 6) is -0.805. The third-order valence-electron chi connectivity index (χ3n) is 4.29. The second kappa shape index (κ2) is 9.64. The average Bonchev–Trinajstić information content (AvgIpc) is 2.77. The quantitative estimate of drug-likeness (QED) is 0.332. The van der Waals surface area contributed by atoms with Crippen molar-refractivity contribution in [3.8, 4) is 0 Å². The van der Waals surface area contributed by atoms with E-state index in [9.17, 15) is 19.7 Å². The van der Waals surface area contributed by atoms with Gasteiger partial charge in [-0.3, -0.25) is 19.7 Å². The van der Waals surface area contributed by atoms with E-state index in [1.54, 1.807) is 55.5 Å².